The molecule has 0 aromatic carbocycles. The third kappa shape index (κ3) is 62.5. The maximum atomic E-state index is 12.7. The van der Waals surface area contributed by atoms with Gasteiger partial charge in [-0.2, -0.15) is 0 Å². The maximum Gasteiger partial charge on any atom is 0.472 e. The molecule has 0 aromatic heterocycles. The third-order valence-electron chi connectivity index (χ3n) is 14.1. The zero-order chi connectivity index (χ0) is 55.9. The number of phosphoric ester groups is 1. The lowest BCUT2D eigenvalue weighted by Crippen LogP contribution is -2.29. The Balaban J connectivity index is 3.77. The number of unbranched alkanes of at least 4 members (excludes halogenated alkanes) is 36. The van der Waals surface area contributed by atoms with Crippen LogP contribution in [0.15, 0.2) is 72.9 Å². The first kappa shape index (κ1) is 74.5. The van der Waals surface area contributed by atoms with E-state index in [-0.39, 0.29) is 38.6 Å². The molecule has 9 nitrogen and oxygen atoms in total. The molecule has 77 heavy (non-hydrogen) atoms. The molecule has 0 heterocycles. The summed E-state index contributed by atoms with van der Waals surface area (Å²) in [4.78, 5) is 35.2. The number of hydrogen-bond donors (Lipinski definition) is 2. The molecule has 0 radical (unpaired) electrons. The van der Waals surface area contributed by atoms with Crippen LogP contribution in [0, 0.1) is 0 Å². The molecule has 0 spiro atoms. The van der Waals surface area contributed by atoms with Gasteiger partial charge in [-0.05, 0) is 83.5 Å². The van der Waals surface area contributed by atoms with Gasteiger partial charge in [0.15, 0.2) is 6.10 Å². The first-order valence-corrected chi connectivity index (χ1v) is 33.9. The van der Waals surface area contributed by atoms with Crippen molar-refractivity contribution in [2.75, 3.05) is 26.4 Å². The summed E-state index contributed by atoms with van der Waals surface area (Å²) in [5.41, 5.74) is 5.38. The van der Waals surface area contributed by atoms with E-state index in [1.807, 2.05) is 0 Å². The predicted octanol–water partition coefficient (Wildman–Crippen LogP) is 20.9. The SMILES string of the molecule is CC/C=C\C/C=C\C/C=C\C/C=C\CCCCCCC(=O)OC(COC(=O)CCCCCCCCCCCCCCCCCCCCCCCCCCCCC/C=C\C/C=C\CCCCCCC)COP(=O)(O)OCCN. The van der Waals surface area contributed by atoms with E-state index < -0.39 is 26.5 Å². The van der Waals surface area contributed by atoms with Crippen LogP contribution in [0.1, 0.15) is 309 Å². The largest absolute Gasteiger partial charge is 0.472 e. The Morgan fingerprint density at radius 3 is 1.06 bits per heavy atom. The molecular formula is C67H122NO8P. The van der Waals surface area contributed by atoms with E-state index in [4.69, 9.17) is 24.3 Å². The quantitative estimate of drug-likeness (QED) is 0.0264. The zero-order valence-electron chi connectivity index (χ0n) is 50.2. The van der Waals surface area contributed by atoms with E-state index in [0.29, 0.717) is 6.42 Å². The van der Waals surface area contributed by atoms with Gasteiger partial charge in [0.25, 0.3) is 0 Å². The fourth-order valence-electron chi connectivity index (χ4n) is 9.31. The summed E-state index contributed by atoms with van der Waals surface area (Å²) in [5, 5.41) is 0. The Labute approximate surface area is 475 Å². The van der Waals surface area contributed by atoms with E-state index in [0.717, 1.165) is 77.0 Å². The minimum absolute atomic E-state index is 0.0477. The number of phosphoric acid groups is 1. The van der Waals surface area contributed by atoms with Gasteiger partial charge in [-0.15, -0.1) is 0 Å². The van der Waals surface area contributed by atoms with Gasteiger partial charge in [-0.3, -0.25) is 18.6 Å². The topological polar surface area (TPSA) is 134 Å². The van der Waals surface area contributed by atoms with Crippen LogP contribution in [0.3, 0.4) is 0 Å². The maximum absolute atomic E-state index is 12.7. The summed E-state index contributed by atoms with van der Waals surface area (Å²) in [6.45, 7) is 3.62. The Morgan fingerprint density at radius 1 is 0.403 bits per heavy atom. The number of allylic oxidation sites excluding steroid dienone is 12. The van der Waals surface area contributed by atoms with E-state index in [1.165, 1.54) is 199 Å². The monoisotopic (exact) mass is 1100 g/mol. The number of carbonyl (C=O) groups is 2. The van der Waals surface area contributed by atoms with Crippen molar-refractivity contribution in [1.29, 1.82) is 0 Å². The van der Waals surface area contributed by atoms with E-state index in [9.17, 15) is 19.0 Å². The second-order valence-corrected chi connectivity index (χ2v) is 23.1. The zero-order valence-corrected chi connectivity index (χ0v) is 51.1. The van der Waals surface area contributed by atoms with Crippen molar-refractivity contribution in [1.82, 2.24) is 0 Å². The average molecular weight is 1100 g/mol. The lowest BCUT2D eigenvalue weighted by Gasteiger charge is -2.19. The number of ether oxygens (including phenoxy) is 2. The number of esters is 2. The number of nitrogens with two attached hydrogens (primary N) is 1. The average Bonchev–Trinajstić information content (AvgIpc) is 3.42. The standard InChI is InChI=1S/C67H122NO8P/c1-3-5-7-9-11-13-15-17-19-21-22-23-24-25-26-27-28-29-30-31-32-33-34-35-36-37-38-39-40-41-42-44-45-47-49-51-53-55-57-59-66(69)73-63-65(64-75-77(71,72)74-62-61-68)76-67(70)60-58-56-54-52-50-48-46-43-20-18-16-14-12-10-8-6-4-2/h6,8,12,14-15,17-18,20-22,46,48,65H,3-5,7,9-11,13,16,19,23-45,47,49-64,68H2,1-2H3,(H,71,72)/b8-6-,14-12-,17-15-,20-18-,22-21-,48-46-. The highest BCUT2D eigenvalue weighted by molar-refractivity contribution is 7.47. The Kier molecular flexibility index (Phi) is 60.6. The highest BCUT2D eigenvalue weighted by Gasteiger charge is 2.26. The van der Waals surface area contributed by atoms with Crippen LogP contribution in [0.25, 0.3) is 0 Å². The molecule has 0 aromatic rings. The minimum atomic E-state index is -4.40. The van der Waals surface area contributed by atoms with Crippen molar-refractivity contribution in [2.45, 2.75) is 315 Å². The second-order valence-electron chi connectivity index (χ2n) is 21.6. The van der Waals surface area contributed by atoms with E-state index in [2.05, 4.69) is 86.8 Å². The fraction of sp³-hybridized carbons (Fsp3) is 0.791. The molecule has 0 saturated carbocycles. The highest BCUT2D eigenvalue weighted by Crippen LogP contribution is 2.43. The molecule has 0 aliphatic rings. The summed E-state index contributed by atoms with van der Waals surface area (Å²) in [6.07, 6.45) is 81.5. The van der Waals surface area contributed by atoms with Crippen LogP contribution in [0.4, 0.5) is 0 Å². The lowest BCUT2D eigenvalue weighted by atomic mass is 10.0. The third-order valence-corrected chi connectivity index (χ3v) is 15.1. The summed E-state index contributed by atoms with van der Waals surface area (Å²) in [6, 6.07) is 0. The lowest BCUT2D eigenvalue weighted by molar-refractivity contribution is -0.161. The number of carbonyl (C=O) groups excluding carboxylic acids is 2. The molecule has 0 aliphatic heterocycles. The first-order chi connectivity index (χ1) is 37.8. The molecule has 0 saturated heterocycles. The van der Waals surface area contributed by atoms with E-state index >= 15 is 0 Å². The molecule has 2 unspecified atom stereocenters. The van der Waals surface area contributed by atoms with Crippen molar-refractivity contribution < 1.29 is 37.6 Å². The predicted molar refractivity (Wildman–Crippen MR) is 330 cm³/mol. The van der Waals surface area contributed by atoms with Crippen LogP contribution in [0.2, 0.25) is 0 Å². The van der Waals surface area contributed by atoms with Gasteiger partial charge >= 0.3 is 19.8 Å². The van der Waals surface area contributed by atoms with Gasteiger partial charge in [0.2, 0.25) is 0 Å². The molecule has 0 fully saturated rings. The van der Waals surface area contributed by atoms with E-state index in [1.54, 1.807) is 0 Å². The van der Waals surface area contributed by atoms with Crippen molar-refractivity contribution in [2.24, 2.45) is 5.73 Å². The molecule has 0 rings (SSSR count). The van der Waals surface area contributed by atoms with Crippen LogP contribution >= 0.6 is 7.82 Å². The van der Waals surface area contributed by atoms with Gasteiger partial charge in [0.1, 0.15) is 6.61 Å². The number of hydrogen-bond acceptors (Lipinski definition) is 8. The molecule has 0 aliphatic carbocycles. The summed E-state index contributed by atoms with van der Waals surface area (Å²) in [5.74, 6) is -0.847. The molecule has 448 valence electrons. The van der Waals surface area contributed by atoms with Crippen LogP contribution in [-0.2, 0) is 32.7 Å². The van der Waals surface area contributed by atoms with Gasteiger partial charge in [-0.25, -0.2) is 4.57 Å². The van der Waals surface area contributed by atoms with Crippen molar-refractivity contribution >= 4 is 19.8 Å². The molecule has 0 amide bonds. The first-order valence-electron chi connectivity index (χ1n) is 32.4. The van der Waals surface area contributed by atoms with Crippen molar-refractivity contribution in [3.05, 3.63) is 72.9 Å². The normalized spacial score (nSPS) is 13.5. The van der Waals surface area contributed by atoms with Crippen molar-refractivity contribution in [3.63, 3.8) is 0 Å². The highest BCUT2D eigenvalue weighted by atomic mass is 31.2. The Bertz CT molecular complexity index is 1490. The molecule has 3 N–H and O–H groups in total. The van der Waals surface area contributed by atoms with Gasteiger partial charge in [0.05, 0.1) is 13.2 Å². The fourth-order valence-corrected chi connectivity index (χ4v) is 10.1. The van der Waals surface area contributed by atoms with Gasteiger partial charge in [0, 0.05) is 19.4 Å². The van der Waals surface area contributed by atoms with Gasteiger partial charge in [-0.1, -0.05) is 286 Å². The molecular weight excluding hydrogens is 978 g/mol. The smallest absolute Gasteiger partial charge is 0.462 e. The summed E-state index contributed by atoms with van der Waals surface area (Å²) < 4.78 is 33.0. The van der Waals surface area contributed by atoms with Crippen LogP contribution in [0.5, 0.6) is 0 Å². The van der Waals surface area contributed by atoms with Crippen molar-refractivity contribution in [3.8, 4) is 0 Å². The molecule has 0 bridgehead atoms. The minimum Gasteiger partial charge on any atom is -0.462 e. The number of rotatable bonds is 61. The molecule has 2 atom stereocenters. The summed E-state index contributed by atoms with van der Waals surface area (Å²) in [7, 11) is -4.40. The summed E-state index contributed by atoms with van der Waals surface area (Å²) >= 11 is 0. The Morgan fingerprint density at radius 2 is 0.714 bits per heavy atom. The second kappa shape index (κ2) is 62.6. The Hall–Kier alpha value is -2.55. The van der Waals surface area contributed by atoms with Crippen LogP contribution in [-0.4, -0.2) is 49.3 Å². The van der Waals surface area contributed by atoms with Crippen LogP contribution < -0.4 is 5.73 Å². The molecule has 10 heteroatoms. The van der Waals surface area contributed by atoms with Gasteiger partial charge < -0.3 is 20.1 Å².